The zero-order valence-corrected chi connectivity index (χ0v) is 20.6. The maximum Gasteiger partial charge on any atom is 0.416 e. The first kappa shape index (κ1) is 26.3. The normalized spacial score (nSPS) is 11.6. The Bertz CT molecular complexity index is 1680. The second kappa shape index (κ2) is 10.4. The van der Waals surface area contributed by atoms with E-state index in [9.17, 15) is 22.0 Å². The SMILES string of the molecule is C=CCCc1ccc2cc(-c3ccc(-c4cc(F)cc(F)c4-c4ccc(C(F)(F)F)cc4)c(F)c3)ccc2c1. The molecule has 0 aliphatic rings. The lowest BCUT2D eigenvalue weighted by Gasteiger charge is -2.15. The zero-order valence-electron chi connectivity index (χ0n) is 20.6. The molecule has 5 aromatic rings. The van der Waals surface area contributed by atoms with Crippen molar-refractivity contribution in [3.8, 4) is 33.4 Å². The van der Waals surface area contributed by atoms with Crippen LogP contribution in [0, 0.1) is 17.5 Å². The third-order valence-electron chi connectivity index (χ3n) is 6.69. The van der Waals surface area contributed by atoms with Gasteiger partial charge in [-0.2, -0.15) is 13.2 Å². The van der Waals surface area contributed by atoms with Crippen LogP contribution in [0.3, 0.4) is 0 Å². The van der Waals surface area contributed by atoms with Crippen LogP contribution in [0.5, 0.6) is 0 Å². The predicted octanol–water partition coefficient (Wildman–Crippen LogP) is 10.4. The first-order valence-corrected chi connectivity index (χ1v) is 12.2. The van der Waals surface area contributed by atoms with Crippen molar-refractivity contribution in [3.05, 3.63) is 132 Å². The summed E-state index contributed by atoms with van der Waals surface area (Å²) in [5.41, 5.74) is 1.34. The van der Waals surface area contributed by atoms with Crippen molar-refractivity contribution in [1.82, 2.24) is 0 Å². The van der Waals surface area contributed by atoms with Crippen molar-refractivity contribution < 1.29 is 26.3 Å². The summed E-state index contributed by atoms with van der Waals surface area (Å²) in [5.74, 6) is -2.65. The Morgan fingerprint density at radius 2 is 1.26 bits per heavy atom. The molecule has 5 rings (SSSR count). The minimum atomic E-state index is -4.57. The highest BCUT2D eigenvalue weighted by atomic mass is 19.4. The summed E-state index contributed by atoms with van der Waals surface area (Å²) in [5, 5.41) is 2.03. The minimum Gasteiger partial charge on any atom is -0.207 e. The summed E-state index contributed by atoms with van der Waals surface area (Å²) in [7, 11) is 0. The van der Waals surface area contributed by atoms with Crippen LogP contribution in [-0.2, 0) is 12.6 Å². The Kier molecular flexibility index (Phi) is 7.04. The van der Waals surface area contributed by atoms with Gasteiger partial charge < -0.3 is 0 Å². The van der Waals surface area contributed by atoms with E-state index in [1.54, 1.807) is 6.07 Å². The molecule has 0 fully saturated rings. The van der Waals surface area contributed by atoms with Crippen LogP contribution in [0.4, 0.5) is 26.3 Å². The number of benzene rings is 5. The lowest BCUT2D eigenvalue weighted by Crippen LogP contribution is -2.04. The molecule has 0 aliphatic heterocycles. The fourth-order valence-corrected chi connectivity index (χ4v) is 4.72. The Labute approximate surface area is 221 Å². The molecule has 5 aromatic carbocycles. The molecule has 0 atom stereocenters. The van der Waals surface area contributed by atoms with E-state index in [-0.39, 0.29) is 22.3 Å². The molecule has 0 bridgehead atoms. The molecular weight excluding hydrogens is 510 g/mol. The smallest absolute Gasteiger partial charge is 0.207 e. The van der Waals surface area contributed by atoms with Crippen molar-refractivity contribution in [2.75, 3.05) is 0 Å². The van der Waals surface area contributed by atoms with Gasteiger partial charge in [-0.05, 0) is 81.8 Å². The summed E-state index contributed by atoms with van der Waals surface area (Å²) in [6.45, 7) is 3.75. The predicted molar refractivity (Wildman–Crippen MR) is 144 cm³/mol. The molecule has 0 aromatic heterocycles. The van der Waals surface area contributed by atoms with E-state index in [0.29, 0.717) is 11.6 Å². The summed E-state index contributed by atoms with van der Waals surface area (Å²) in [6, 6.07) is 21.7. The molecule has 0 amide bonds. The number of rotatable bonds is 6. The van der Waals surface area contributed by atoms with Crippen molar-refractivity contribution in [1.29, 1.82) is 0 Å². The van der Waals surface area contributed by atoms with Crippen molar-refractivity contribution in [3.63, 3.8) is 0 Å². The third-order valence-corrected chi connectivity index (χ3v) is 6.69. The van der Waals surface area contributed by atoms with Crippen LogP contribution in [-0.4, -0.2) is 0 Å². The molecule has 39 heavy (non-hydrogen) atoms. The maximum atomic E-state index is 15.5. The first-order valence-electron chi connectivity index (χ1n) is 12.2. The Hall–Kier alpha value is -4.32. The summed E-state index contributed by atoms with van der Waals surface area (Å²) in [6.07, 6.45) is -0.925. The van der Waals surface area contributed by atoms with E-state index in [1.807, 2.05) is 36.4 Å². The van der Waals surface area contributed by atoms with Gasteiger partial charge in [0.15, 0.2) is 0 Å². The lowest BCUT2D eigenvalue weighted by molar-refractivity contribution is -0.137. The molecule has 196 valence electrons. The van der Waals surface area contributed by atoms with Gasteiger partial charge in [0.2, 0.25) is 0 Å². The number of aryl methyl sites for hydroxylation is 1. The van der Waals surface area contributed by atoms with Crippen LogP contribution in [0.2, 0.25) is 0 Å². The highest BCUT2D eigenvalue weighted by Gasteiger charge is 2.30. The van der Waals surface area contributed by atoms with Gasteiger partial charge in [0.1, 0.15) is 17.5 Å². The Morgan fingerprint density at radius 1 is 0.615 bits per heavy atom. The zero-order chi connectivity index (χ0) is 27.7. The molecule has 0 aliphatic carbocycles. The number of alkyl halides is 3. The summed E-state index contributed by atoms with van der Waals surface area (Å²) < 4.78 is 83.7. The number of fused-ring (bicyclic) bond motifs is 1. The minimum absolute atomic E-state index is 0.0697. The quantitative estimate of drug-likeness (QED) is 0.151. The van der Waals surface area contributed by atoms with Crippen LogP contribution in [0.25, 0.3) is 44.2 Å². The Morgan fingerprint density at radius 3 is 1.95 bits per heavy atom. The monoisotopic (exact) mass is 532 g/mol. The largest absolute Gasteiger partial charge is 0.416 e. The second-order valence-corrected chi connectivity index (χ2v) is 9.30. The van der Waals surface area contributed by atoms with E-state index in [1.165, 1.54) is 17.7 Å². The topological polar surface area (TPSA) is 0 Å². The van der Waals surface area contributed by atoms with Gasteiger partial charge in [-0.3, -0.25) is 0 Å². The van der Waals surface area contributed by atoms with Crippen LogP contribution in [0.1, 0.15) is 17.5 Å². The van der Waals surface area contributed by atoms with E-state index >= 15 is 4.39 Å². The average Bonchev–Trinajstić information content (AvgIpc) is 2.90. The molecule has 0 saturated carbocycles. The highest BCUT2D eigenvalue weighted by molar-refractivity contribution is 5.89. The van der Waals surface area contributed by atoms with Crippen molar-refractivity contribution in [2.24, 2.45) is 0 Å². The van der Waals surface area contributed by atoms with Gasteiger partial charge in [0.05, 0.1) is 5.56 Å². The fraction of sp³-hybridized carbons (Fsp3) is 0.0909. The molecule has 0 spiro atoms. The summed E-state index contributed by atoms with van der Waals surface area (Å²) in [4.78, 5) is 0. The van der Waals surface area contributed by atoms with Crippen LogP contribution in [0.15, 0.2) is 104 Å². The molecular formula is C33H22F6. The number of hydrogen-bond acceptors (Lipinski definition) is 0. The third kappa shape index (κ3) is 5.46. The van der Waals surface area contributed by atoms with Crippen molar-refractivity contribution in [2.45, 2.75) is 19.0 Å². The van der Waals surface area contributed by atoms with E-state index in [4.69, 9.17) is 0 Å². The molecule has 0 unspecified atom stereocenters. The molecule has 0 nitrogen and oxygen atoms in total. The van der Waals surface area contributed by atoms with Gasteiger partial charge in [-0.25, -0.2) is 13.2 Å². The van der Waals surface area contributed by atoms with E-state index in [0.717, 1.165) is 59.5 Å². The summed E-state index contributed by atoms with van der Waals surface area (Å²) >= 11 is 0. The number of hydrogen-bond donors (Lipinski definition) is 0. The molecule has 6 heteroatoms. The van der Waals surface area contributed by atoms with Crippen molar-refractivity contribution >= 4 is 10.8 Å². The maximum absolute atomic E-state index is 15.5. The van der Waals surface area contributed by atoms with Gasteiger partial charge in [0.25, 0.3) is 0 Å². The van der Waals surface area contributed by atoms with Crippen LogP contribution < -0.4 is 0 Å². The standard InChI is InChI=1S/C33H22F6/c1-2-3-4-20-5-6-23-16-24(8-7-22(23)15-20)25-11-14-28(30(35)17-25)29-18-27(34)19-31(36)32(29)21-9-12-26(13-10-21)33(37,38)39/h2,5-19H,1,3-4H2. The van der Waals surface area contributed by atoms with E-state index in [2.05, 4.69) is 12.6 Å². The molecule has 0 N–H and O–H groups in total. The number of halogens is 6. The Balaban J connectivity index is 1.53. The van der Waals surface area contributed by atoms with Gasteiger partial charge in [-0.1, -0.05) is 60.7 Å². The fourth-order valence-electron chi connectivity index (χ4n) is 4.72. The molecule has 0 saturated heterocycles. The highest BCUT2D eigenvalue weighted by Crippen LogP contribution is 2.39. The number of allylic oxidation sites excluding steroid dienone is 1. The molecule has 0 radical (unpaired) electrons. The first-order chi connectivity index (χ1) is 18.6. The van der Waals surface area contributed by atoms with Gasteiger partial charge in [0, 0.05) is 17.2 Å². The van der Waals surface area contributed by atoms with Gasteiger partial charge in [-0.15, -0.1) is 6.58 Å². The van der Waals surface area contributed by atoms with Gasteiger partial charge >= 0.3 is 6.18 Å². The van der Waals surface area contributed by atoms with Crippen LogP contribution >= 0.6 is 0 Å². The van der Waals surface area contributed by atoms with E-state index < -0.39 is 29.2 Å². The molecule has 0 heterocycles. The second-order valence-electron chi connectivity index (χ2n) is 9.30. The lowest BCUT2D eigenvalue weighted by atomic mass is 9.91. The average molecular weight is 533 g/mol.